The van der Waals surface area contributed by atoms with Gasteiger partial charge in [-0.1, -0.05) is 36.4 Å². The summed E-state index contributed by atoms with van der Waals surface area (Å²) in [5, 5.41) is 2.97. The third kappa shape index (κ3) is 3.37. The molecule has 0 aliphatic carbocycles. The summed E-state index contributed by atoms with van der Waals surface area (Å²) >= 11 is 1.14. The summed E-state index contributed by atoms with van der Waals surface area (Å²) < 4.78 is 5.13. The normalized spacial score (nSPS) is 11.1. The summed E-state index contributed by atoms with van der Waals surface area (Å²) in [6.45, 7) is 0. The van der Waals surface area contributed by atoms with Crippen molar-refractivity contribution in [3.05, 3.63) is 66.2 Å². The predicted octanol–water partition coefficient (Wildman–Crippen LogP) is 4.59. The molecule has 0 atom stereocenters. The van der Waals surface area contributed by atoms with Crippen LogP contribution >= 0.6 is 11.8 Å². The third-order valence-corrected chi connectivity index (χ3v) is 4.80. The number of carbonyl (C=O) groups excluding carboxylic acids is 1. The molecule has 0 unspecified atom stereocenters. The van der Waals surface area contributed by atoms with Gasteiger partial charge in [-0.25, -0.2) is 4.98 Å². The molecule has 3 aromatic carbocycles. The van der Waals surface area contributed by atoms with Crippen LogP contribution in [0.25, 0.3) is 21.8 Å². The Hall–Kier alpha value is -2.79. The van der Waals surface area contributed by atoms with Gasteiger partial charge in [-0.05, 0) is 52.4 Å². The summed E-state index contributed by atoms with van der Waals surface area (Å²) in [6.07, 6.45) is 0.355. The lowest BCUT2D eigenvalue weighted by Crippen LogP contribution is -1.98. The molecule has 25 heavy (non-hydrogen) atoms. The van der Waals surface area contributed by atoms with Crippen LogP contribution in [0.5, 0.6) is 5.75 Å². The molecule has 4 aromatic rings. The Labute approximate surface area is 149 Å². The van der Waals surface area contributed by atoms with Crippen molar-refractivity contribution >= 4 is 38.7 Å². The number of carbonyl (C=O) groups is 1. The van der Waals surface area contributed by atoms with Crippen LogP contribution < -0.4 is 4.74 Å². The number of hydrogen-bond acceptors (Lipinski definition) is 4. The standard InChI is InChI=1S/C20H16N2O2S/c1-24-16-8-6-13(7-9-16)10-19(23)25-20-21-17-11-14-4-2-3-5-15(14)12-18(17)22-20/h2-9,11-12H,10H2,1H3,(H,21,22). The van der Waals surface area contributed by atoms with Crippen molar-refractivity contribution in [2.75, 3.05) is 7.11 Å². The first-order valence-corrected chi connectivity index (χ1v) is 8.75. The summed E-state index contributed by atoms with van der Waals surface area (Å²) in [4.78, 5) is 20.1. The Bertz CT molecular complexity index is 1000. The van der Waals surface area contributed by atoms with E-state index in [4.69, 9.17) is 4.74 Å². The predicted molar refractivity (Wildman–Crippen MR) is 101 cm³/mol. The van der Waals surface area contributed by atoms with Gasteiger partial charge in [0.2, 0.25) is 5.12 Å². The zero-order valence-corrected chi connectivity index (χ0v) is 14.5. The minimum absolute atomic E-state index is 0.0498. The summed E-state index contributed by atoms with van der Waals surface area (Å²) in [5.41, 5.74) is 2.78. The molecule has 0 amide bonds. The topological polar surface area (TPSA) is 55.0 Å². The molecule has 0 saturated heterocycles. The molecule has 1 N–H and O–H groups in total. The van der Waals surface area contributed by atoms with Gasteiger partial charge in [-0.3, -0.25) is 4.79 Å². The van der Waals surface area contributed by atoms with E-state index in [2.05, 4.69) is 28.2 Å². The first kappa shape index (κ1) is 15.7. The average Bonchev–Trinajstić information content (AvgIpc) is 3.01. The second-order valence-corrected chi connectivity index (χ2v) is 6.80. The van der Waals surface area contributed by atoms with Gasteiger partial charge >= 0.3 is 0 Å². The molecular formula is C20H16N2O2S. The number of fused-ring (bicyclic) bond motifs is 2. The SMILES string of the molecule is COc1ccc(CC(=O)Sc2nc3cc4ccccc4cc3[nH]2)cc1. The smallest absolute Gasteiger partial charge is 0.200 e. The fourth-order valence-electron chi connectivity index (χ4n) is 2.78. The van der Waals surface area contributed by atoms with E-state index in [1.807, 2.05) is 42.5 Å². The van der Waals surface area contributed by atoms with Crippen LogP contribution in [0.15, 0.2) is 65.8 Å². The van der Waals surface area contributed by atoms with Gasteiger partial charge in [-0.15, -0.1) is 0 Å². The second-order valence-electron chi connectivity index (χ2n) is 5.76. The number of benzene rings is 3. The quantitative estimate of drug-likeness (QED) is 0.548. The number of rotatable bonds is 4. The largest absolute Gasteiger partial charge is 0.497 e. The van der Waals surface area contributed by atoms with E-state index >= 15 is 0 Å². The lowest BCUT2D eigenvalue weighted by molar-refractivity contribution is -0.110. The van der Waals surface area contributed by atoms with Crippen LogP contribution in [0.3, 0.4) is 0 Å². The van der Waals surface area contributed by atoms with Crippen LogP contribution in [0.4, 0.5) is 0 Å². The summed E-state index contributed by atoms with van der Waals surface area (Å²) in [6, 6.07) is 19.8. The van der Waals surface area contributed by atoms with E-state index in [1.54, 1.807) is 7.11 Å². The van der Waals surface area contributed by atoms with E-state index in [-0.39, 0.29) is 5.12 Å². The van der Waals surface area contributed by atoms with E-state index < -0.39 is 0 Å². The molecule has 0 spiro atoms. The Kier molecular flexibility index (Phi) is 4.15. The Morgan fingerprint density at radius 2 is 1.80 bits per heavy atom. The third-order valence-electron chi connectivity index (χ3n) is 4.05. The second kappa shape index (κ2) is 6.61. The van der Waals surface area contributed by atoms with Crippen molar-refractivity contribution in [1.29, 1.82) is 0 Å². The molecule has 4 nitrogen and oxygen atoms in total. The monoisotopic (exact) mass is 348 g/mol. The molecule has 1 aromatic heterocycles. The van der Waals surface area contributed by atoms with E-state index in [1.165, 1.54) is 0 Å². The number of H-pyrrole nitrogens is 1. The van der Waals surface area contributed by atoms with E-state index in [0.717, 1.165) is 44.9 Å². The fourth-order valence-corrected chi connectivity index (χ4v) is 3.54. The van der Waals surface area contributed by atoms with Gasteiger partial charge in [0, 0.05) is 6.42 Å². The lowest BCUT2D eigenvalue weighted by atomic mass is 10.1. The maximum absolute atomic E-state index is 12.3. The zero-order valence-electron chi connectivity index (χ0n) is 13.7. The highest BCUT2D eigenvalue weighted by Crippen LogP contribution is 2.25. The minimum Gasteiger partial charge on any atom is -0.497 e. The molecule has 0 aliphatic heterocycles. The van der Waals surface area contributed by atoms with Crippen molar-refractivity contribution in [2.24, 2.45) is 0 Å². The van der Waals surface area contributed by atoms with E-state index in [9.17, 15) is 4.79 Å². The van der Waals surface area contributed by atoms with Crippen LogP contribution in [0.1, 0.15) is 5.56 Å². The first-order chi connectivity index (χ1) is 12.2. The van der Waals surface area contributed by atoms with Crippen molar-refractivity contribution < 1.29 is 9.53 Å². The van der Waals surface area contributed by atoms with Gasteiger partial charge < -0.3 is 9.72 Å². The van der Waals surface area contributed by atoms with Gasteiger partial charge in [0.1, 0.15) is 5.75 Å². The number of hydrogen-bond donors (Lipinski definition) is 1. The molecule has 0 saturated carbocycles. The highest BCUT2D eigenvalue weighted by molar-refractivity contribution is 8.13. The molecule has 1 heterocycles. The molecule has 0 bridgehead atoms. The number of aromatic nitrogens is 2. The van der Waals surface area contributed by atoms with Crippen LogP contribution in [0.2, 0.25) is 0 Å². The number of nitrogens with zero attached hydrogens (tertiary/aromatic N) is 1. The number of methoxy groups -OCH3 is 1. The fraction of sp³-hybridized carbons (Fsp3) is 0.100. The van der Waals surface area contributed by atoms with Crippen molar-refractivity contribution in [2.45, 2.75) is 11.6 Å². The maximum atomic E-state index is 12.3. The minimum atomic E-state index is 0.0498. The molecule has 0 aliphatic rings. The van der Waals surface area contributed by atoms with Gasteiger partial charge in [0.05, 0.1) is 18.1 Å². The average molecular weight is 348 g/mol. The van der Waals surface area contributed by atoms with Gasteiger partial charge in [-0.2, -0.15) is 0 Å². The van der Waals surface area contributed by atoms with Crippen molar-refractivity contribution in [3.8, 4) is 5.75 Å². The maximum Gasteiger partial charge on any atom is 0.200 e. The van der Waals surface area contributed by atoms with Crippen LogP contribution in [-0.4, -0.2) is 22.2 Å². The van der Waals surface area contributed by atoms with Crippen molar-refractivity contribution in [3.63, 3.8) is 0 Å². The Morgan fingerprint density at radius 1 is 1.08 bits per heavy atom. The van der Waals surface area contributed by atoms with Gasteiger partial charge in [0.25, 0.3) is 0 Å². The van der Waals surface area contributed by atoms with E-state index in [0.29, 0.717) is 11.6 Å². The van der Waals surface area contributed by atoms with Crippen molar-refractivity contribution in [1.82, 2.24) is 9.97 Å². The Morgan fingerprint density at radius 3 is 2.52 bits per heavy atom. The number of ether oxygens (including phenoxy) is 1. The number of imidazole rings is 1. The number of aromatic amines is 1. The van der Waals surface area contributed by atoms with Crippen LogP contribution in [-0.2, 0) is 11.2 Å². The molecule has 0 radical (unpaired) electrons. The van der Waals surface area contributed by atoms with Gasteiger partial charge in [0.15, 0.2) is 5.16 Å². The molecule has 124 valence electrons. The molecule has 0 fully saturated rings. The molecule has 5 heteroatoms. The highest BCUT2D eigenvalue weighted by Gasteiger charge is 2.11. The highest BCUT2D eigenvalue weighted by atomic mass is 32.2. The zero-order chi connectivity index (χ0) is 17.2. The first-order valence-electron chi connectivity index (χ1n) is 7.93. The summed E-state index contributed by atoms with van der Waals surface area (Å²) in [7, 11) is 1.63. The van der Waals surface area contributed by atoms with Crippen LogP contribution in [0, 0.1) is 0 Å². The molecular weight excluding hydrogens is 332 g/mol. The number of thioether (sulfide) groups is 1. The molecule has 4 rings (SSSR count). The summed E-state index contributed by atoms with van der Waals surface area (Å²) in [5.74, 6) is 0.785. The number of nitrogens with one attached hydrogen (secondary N) is 1. The Balaban J connectivity index is 1.53. The lowest BCUT2D eigenvalue weighted by Gasteiger charge is -2.02.